The second-order valence-electron chi connectivity index (χ2n) is 7.23. The number of nitrogens with zero attached hydrogens (tertiary/aromatic N) is 4. The molecule has 1 atom stereocenters. The summed E-state index contributed by atoms with van der Waals surface area (Å²) in [4.78, 5) is 44.4. The summed E-state index contributed by atoms with van der Waals surface area (Å²) in [6, 6.07) is 8.45. The molecule has 11 nitrogen and oxygen atoms in total. The molecule has 0 bridgehead atoms. The largest absolute Gasteiger partial charge is 0.619 e. The molecule has 38 heavy (non-hydrogen) atoms. The van der Waals surface area contributed by atoms with Gasteiger partial charge in [0, 0.05) is 30.9 Å². The van der Waals surface area contributed by atoms with Crippen LogP contribution in [0.1, 0.15) is 33.5 Å². The van der Waals surface area contributed by atoms with E-state index in [9.17, 15) is 36.3 Å². The number of aromatic nitrogens is 4. The van der Waals surface area contributed by atoms with Gasteiger partial charge in [-0.15, -0.1) is 0 Å². The molecule has 0 saturated carbocycles. The van der Waals surface area contributed by atoms with Gasteiger partial charge in [-0.05, 0) is 18.2 Å². The molecule has 17 heteroatoms. The number of carboxylic acids is 2. The van der Waals surface area contributed by atoms with E-state index in [2.05, 4.69) is 15.0 Å². The smallest absolute Gasteiger partial charge is 0.490 e. The van der Waals surface area contributed by atoms with Gasteiger partial charge in [0.05, 0.1) is 17.7 Å². The van der Waals surface area contributed by atoms with Crippen molar-refractivity contribution >= 4 is 17.8 Å². The van der Waals surface area contributed by atoms with Gasteiger partial charge in [0.2, 0.25) is 0 Å². The van der Waals surface area contributed by atoms with Crippen molar-refractivity contribution in [3.8, 4) is 0 Å². The zero-order valence-corrected chi connectivity index (χ0v) is 18.8. The number of H-pyrrole nitrogens is 1. The maximum atomic E-state index is 13.0. The van der Waals surface area contributed by atoms with Crippen molar-refractivity contribution in [1.82, 2.24) is 19.9 Å². The number of nitrogens with one attached hydrogen (secondary N) is 1. The average Bonchev–Trinajstić information content (AvgIpc) is 3.32. The van der Waals surface area contributed by atoms with Crippen LogP contribution in [-0.2, 0) is 16.0 Å². The minimum atomic E-state index is -5.08. The molecule has 3 N–H and O–H groups in total. The summed E-state index contributed by atoms with van der Waals surface area (Å²) in [5.41, 5.74) is 2.93. The van der Waals surface area contributed by atoms with E-state index in [0.29, 0.717) is 23.3 Å². The first-order chi connectivity index (χ1) is 17.6. The van der Waals surface area contributed by atoms with Crippen LogP contribution in [0.4, 0.5) is 26.3 Å². The number of amides is 1. The van der Waals surface area contributed by atoms with E-state index in [1.807, 2.05) is 18.2 Å². The number of imidazole rings is 1. The number of carbonyl (C=O) groups is 3. The number of hydrogen-bond donors (Lipinski definition) is 3. The van der Waals surface area contributed by atoms with Crippen LogP contribution < -0.4 is 4.73 Å². The van der Waals surface area contributed by atoms with Crippen molar-refractivity contribution in [2.45, 2.75) is 24.8 Å². The minimum Gasteiger partial charge on any atom is -0.619 e. The van der Waals surface area contributed by atoms with Gasteiger partial charge in [-0.2, -0.15) is 31.1 Å². The van der Waals surface area contributed by atoms with E-state index >= 15 is 0 Å². The summed E-state index contributed by atoms with van der Waals surface area (Å²) in [7, 11) is 0. The Morgan fingerprint density at radius 3 is 2.11 bits per heavy atom. The molecule has 1 aliphatic heterocycles. The molecule has 1 unspecified atom stereocenters. The van der Waals surface area contributed by atoms with Crippen LogP contribution in [0.5, 0.6) is 0 Å². The SMILES string of the molecule is O=C(O)C(F)(F)F.O=C(O)C(F)(F)F.O=C(c1ccc[n+]([O-])c1)N1CCc2[nH]cnc2C1c1ccccn1. The van der Waals surface area contributed by atoms with E-state index in [0.717, 1.165) is 17.1 Å². The van der Waals surface area contributed by atoms with Gasteiger partial charge in [0.1, 0.15) is 11.6 Å². The third-order valence-corrected chi connectivity index (χ3v) is 4.66. The number of aromatic amines is 1. The third-order valence-electron chi connectivity index (χ3n) is 4.66. The number of aliphatic carboxylic acids is 2. The fourth-order valence-electron chi connectivity index (χ4n) is 3.08. The normalized spacial score (nSPS) is 14.7. The number of fused-ring (bicyclic) bond motifs is 1. The predicted octanol–water partition coefficient (Wildman–Crippen LogP) is 2.49. The van der Waals surface area contributed by atoms with Gasteiger partial charge >= 0.3 is 24.3 Å². The molecule has 4 heterocycles. The molecule has 1 aliphatic rings. The highest BCUT2D eigenvalue weighted by atomic mass is 19.4. The Hall–Kier alpha value is -4.70. The first kappa shape index (κ1) is 29.5. The molecule has 3 aromatic rings. The third kappa shape index (κ3) is 7.90. The Labute approximate surface area is 208 Å². The Bertz CT molecular complexity index is 1240. The Balaban J connectivity index is 0.000000301. The van der Waals surface area contributed by atoms with Crippen molar-refractivity contribution in [2.75, 3.05) is 6.54 Å². The molecular weight excluding hydrogens is 532 g/mol. The van der Waals surface area contributed by atoms with Crippen molar-refractivity contribution in [3.63, 3.8) is 0 Å². The standard InChI is InChI=1S/C17H15N5O2.2C2HF3O2/c23-17(12-4-3-8-21(24)10-12)22-9-6-13-15(20-11-19-13)16(22)14-5-1-2-7-18-14;2*3-2(4,5)1(6)7/h1-5,7-8,10-11,16H,6,9H2,(H,19,20);2*(H,6,7). The number of rotatable bonds is 2. The lowest BCUT2D eigenvalue weighted by Gasteiger charge is -2.34. The van der Waals surface area contributed by atoms with Crippen LogP contribution in [-0.4, -0.2) is 66.8 Å². The molecule has 0 aromatic carbocycles. The van der Waals surface area contributed by atoms with Crippen molar-refractivity contribution in [2.24, 2.45) is 0 Å². The second kappa shape index (κ2) is 12.0. The number of carbonyl (C=O) groups excluding carboxylic acids is 1. The summed E-state index contributed by atoms with van der Waals surface area (Å²) >= 11 is 0. The quantitative estimate of drug-likeness (QED) is 0.249. The molecular formula is C21H17F6N5O6. The lowest BCUT2D eigenvalue weighted by molar-refractivity contribution is -0.605. The molecule has 0 spiro atoms. The van der Waals surface area contributed by atoms with Gasteiger partial charge < -0.3 is 25.3 Å². The summed E-state index contributed by atoms with van der Waals surface area (Å²) in [5, 5.41) is 25.8. The average molecular weight is 549 g/mol. The van der Waals surface area contributed by atoms with Gasteiger partial charge in [0.25, 0.3) is 5.91 Å². The van der Waals surface area contributed by atoms with Crippen LogP contribution in [0, 0.1) is 5.21 Å². The fraction of sp³-hybridized carbons (Fsp3) is 0.238. The molecule has 0 fully saturated rings. The van der Waals surface area contributed by atoms with Crippen LogP contribution in [0.3, 0.4) is 0 Å². The van der Waals surface area contributed by atoms with Crippen molar-refractivity contribution in [3.05, 3.63) is 83.1 Å². The Kier molecular flexibility index (Phi) is 9.34. The van der Waals surface area contributed by atoms with Crippen LogP contribution in [0.15, 0.2) is 55.2 Å². The molecule has 0 radical (unpaired) electrons. The summed E-state index contributed by atoms with van der Waals surface area (Å²) in [6.07, 6.45) is -3.49. The second-order valence-corrected chi connectivity index (χ2v) is 7.23. The predicted molar refractivity (Wildman–Crippen MR) is 112 cm³/mol. The van der Waals surface area contributed by atoms with E-state index in [-0.39, 0.29) is 11.9 Å². The fourth-order valence-corrected chi connectivity index (χ4v) is 3.08. The number of alkyl halides is 6. The molecule has 0 saturated heterocycles. The van der Waals surface area contributed by atoms with Crippen LogP contribution >= 0.6 is 0 Å². The Morgan fingerprint density at radius 1 is 1.00 bits per heavy atom. The molecule has 3 aromatic heterocycles. The number of hydrogen-bond acceptors (Lipinski definition) is 6. The molecule has 1 amide bonds. The highest BCUT2D eigenvalue weighted by Gasteiger charge is 2.39. The minimum absolute atomic E-state index is 0.204. The van der Waals surface area contributed by atoms with E-state index in [1.54, 1.807) is 29.6 Å². The van der Waals surface area contributed by atoms with Gasteiger partial charge in [-0.25, -0.2) is 14.6 Å². The van der Waals surface area contributed by atoms with Crippen molar-refractivity contribution in [1.29, 1.82) is 0 Å². The van der Waals surface area contributed by atoms with Gasteiger partial charge in [0.15, 0.2) is 12.4 Å². The summed E-state index contributed by atoms with van der Waals surface area (Å²) in [5.74, 6) is -5.72. The number of carboxylic acid groups (broad SMARTS) is 2. The molecule has 204 valence electrons. The lowest BCUT2D eigenvalue weighted by atomic mass is 9.98. The number of halogens is 6. The topological polar surface area (TPSA) is 163 Å². The van der Waals surface area contributed by atoms with Crippen LogP contribution in [0.2, 0.25) is 0 Å². The monoisotopic (exact) mass is 549 g/mol. The zero-order chi connectivity index (χ0) is 28.7. The van der Waals surface area contributed by atoms with Gasteiger partial charge in [-0.3, -0.25) is 9.78 Å². The zero-order valence-electron chi connectivity index (χ0n) is 18.8. The first-order valence-corrected chi connectivity index (χ1v) is 10.2. The maximum absolute atomic E-state index is 13.0. The summed E-state index contributed by atoms with van der Waals surface area (Å²) in [6.45, 7) is 0.531. The van der Waals surface area contributed by atoms with E-state index in [1.165, 1.54) is 12.4 Å². The van der Waals surface area contributed by atoms with E-state index in [4.69, 9.17) is 19.8 Å². The molecule has 0 aliphatic carbocycles. The highest BCUT2D eigenvalue weighted by molar-refractivity contribution is 5.94. The summed E-state index contributed by atoms with van der Waals surface area (Å²) < 4.78 is 64.1. The highest BCUT2D eigenvalue weighted by Crippen LogP contribution is 2.33. The Morgan fingerprint density at radius 2 is 1.61 bits per heavy atom. The van der Waals surface area contributed by atoms with Gasteiger partial charge in [-0.1, -0.05) is 6.07 Å². The lowest BCUT2D eigenvalue weighted by Crippen LogP contribution is -2.42. The first-order valence-electron chi connectivity index (χ1n) is 10.2. The number of pyridine rings is 2. The molecule has 4 rings (SSSR count). The van der Waals surface area contributed by atoms with E-state index < -0.39 is 24.3 Å². The van der Waals surface area contributed by atoms with Crippen LogP contribution in [0.25, 0.3) is 0 Å². The maximum Gasteiger partial charge on any atom is 0.490 e. The van der Waals surface area contributed by atoms with Crippen molar-refractivity contribution < 1.29 is 55.7 Å².